The van der Waals surface area contributed by atoms with Gasteiger partial charge in [0, 0.05) is 0 Å². The van der Waals surface area contributed by atoms with Crippen LogP contribution in [0.5, 0.6) is 0 Å². The summed E-state index contributed by atoms with van der Waals surface area (Å²) in [5.41, 5.74) is 12.7. The molecule has 1 unspecified atom stereocenters. The summed E-state index contributed by atoms with van der Waals surface area (Å²) in [5, 5.41) is 0.723. The molecule has 2 aromatic heterocycles. The van der Waals surface area contributed by atoms with Gasteiger partial charge >= 0.3 is 0 Å². The molecule has 0 radical (unpaired) electrons. The highest BCUT2D eigenvalue weighted by atomic mass is 35.5. The molecule has 124 valence electrons. The molecule has 3 rings (SSSR count). The molecule has 0 aliphatic heterocycles. The second-order valence-corrected chi connectivity index (χ2v) is 5.99. The van der Waals surface area contributed by atoms with E-state index in [-0.39, 0.29) is 11.6 Å². The van der Waals surface area contributed by atoms with Crippen LogP contribution in [0.3, 0.4) is 0 Å². The molecule has 0 aliphatic rings. The average Bonchev–Trinajstić information content (AvgIpc) is 2.56. The highest BCUT2D eigenvalue weighted by Gasteiger charge is 2.19. The van der Waals surface area contributed by atoms with Gasteiger partial charge in [-0.25, -0.2) is 9.97 Å². The summed E-state index contributed by atoms with van der Waals surface area (Å²) in [6.45, 7) is 2.03. The number of anilines is 1. The van der Waals surface area contributed by atoms with E-state index in [9.17, 15) is 4.79 Å². The Morgan fingerprint density at radius 1 is 1.29 bits per heavy atom. The standard InChI is InChI=1S/C17H18ClN5O/c1-2-4-12(19)16-22-13-6-3-5-11(18)15(13)17(24)23(16)10-7-8-14(20)21-9-10/h3,5-9,12H,2,4,19H2,1H3,(H2,20,21). The van der Waals surface area contributed by atoms with Crippen molar-refractivity contribution < 1.29 is 0 Å². The van der Waals surface area contributed by atoms with Gasteiger partial charge in [0.25, 0.3) is 5.56 Å². The SMILES string of the molecule is CCCC(N)c1nc2cccc(Cl)c2c(=O)n1-c1ccc(N)nc1. The number of rotatable bonds is 4. The van der Waals surface area contributed by atoms with E-state index in [2.05, 4.69) is 9.97 Å². The average molecular weight is 344 g/mol. The minimum atomic E-state index is -0.372. The summed E-state index contributed by atoms with van der Waals surface area (Å²) in [4.78, 5) is 21.8. The fourth-order valence-corrected chi connectivity index (χ4v) is 2.93. The van der Waals surface area contributed by atoms with Crippen molar-refractivity contribution in [1.82, 2.24) is 14.5 Å². The van der Waals surface area contributed by atoms with Crippen molar-refractivity contribution >= 4 is 28.3 Å². The predicted octanol–water partition coefficient (Wildman–Crippen LogP) is 2.82. The molecule has 0 bridgehead atoms. The Labute approximate surface area is 144 Å². The van der Waals surface area contributed by atoms with Gasteiger partial charge in [-0.3, -0.25) is 9.36 Å². The summed E-state index contributed by atoms with van der Waals surface area (Å²) in [6.07, 6.45) is 3.12. The first-order chi connectivity index (χ1) is 11.5. The molecule has 0 fully saturated rings. The van der Waals surface area contributed by atoms with Crippen molar-refractivity contribution in [3.05, 3.63) is 57.7 Å². The normalized spacial score (nSPS) is 12.5. The van der Waals surface area contributed by atoms with Crippen molar-refractivity contribution in [3.8, 4) is 5.69 Å². The van der Waals surface area contributed by atoms with E-state index in [1.54, 1.807) is 30.3 Å². The lowest BCUT2D eigenvalue weighted by atomic mass is 10.1. The van der Waals surface area contributed by atoms with Crippen LogP contribution < -0.4 is 17.0 Å². The van der Waals surface area contributed by atoms with Gasteiger partial charge in [0.1, 0.15) is 11.6 Å². The molecular formula is C17H18ClN5O. The quantitative estimate of drug-likeness (QED) is 0.758. The van der Waals surface area contributed by atoms with Crippen LogP contribution in [0.25, 0.3) is 16.6 Å². The maximum atomic E-state index is 13.1. The van der Waals surface area contributed by atoms with E-state index >= 15 is 0 Å². The fraction of sp³-hybridized carbons (Fsp3) is 0.235. The topological polar surface area (TPSA) is 99.8 Å². The minimum Gasteiger partial charge on any atom is -0.384 e. The number of nitrogen functional groups attached to an aromatic ring is 1. The Balaban J connectivity index is 2.37. The van der Waals surface area contributed by atoms with Crippen molar-refractivity contribution in [2.75, 3.05) is 5.73 Å². The molecule has 0 amide bonds. The third-order valence-electron chi connectivity index (χ3n) is 3.83. The van der Waals surface area contributed by atoms with Gasteiger partial charge in [0.15, 0.2) is 0 Å². The highest BCUT2D eigenvalue weighted by Crippen LogP contribution is 2.23. The molecule has 7 heteroatoms. The number of benzene rings is 1. The molecule has 6 nitrogen and oxygen atoms in total. The van der Waals surface area contributed by atoms with E-state index in [1.165, 1.54) is 10.8 Å². The van der Waals surface area contributed by atoms with E-state index in [1.807, 2.05) is 6.92 Å². The zero-order valence-electron chi connectivity index (χ0n) is 13.2. The Morgan fingerprint density at radius 2 is 2.08 bits per heavy atom. The monoisotopic (exact) mass is 343 g/mol. The molecule has 1 aromatic carbocycles. The summed E-state index contributed by atoms with van der Waals surface area (Å²) in [7, 11) is 0. The van der Waals surface area contributed by atoms with Crippen molar-refractivity contribution in [2.24, 2.45) is 5.73 Å². The van der Waals surface area contributed by atoms with Crippen LogP contribution in [-0.2, 0) is 0 Å². The van der Waals surface area contributed by atoms with Crippen LogP contribution in [-0.4, -0.2) is 14.5 Å². The lowest BCUT2D eigenvalue weighted by Crippen LogP contribution is -2.28. The summed E-state index contributed by atoms with van der Waals surface area (Å²) >= 11 is 6.22. The summed E-state index contributed by atoms with van der Waals surface area (Å²) in [6, 6.07) is 8.18. The number of aromatic nitrogens is 3. The molecule has 2 heterocycles. The number of hydrogen-bond acceptors (Lipinski definition) is 5. The Kier molecular flexibility index (Phi) is 4.51. The minimum absolute atomic E-state index is 0.265. The first kappa shape index (κ1) is 16.4. The molecule has 0 saturated heterocycles. The molecule has 3 aromatic rings. The number of halogens is 1. The third kappa shape index (κ3) is 2.86. The van der Waals surface area contributed by atoms with E-state index in [0.29, 0.717) is 39.7 Å². The molecule has 24 heavy (non-hydrogen) atoms. The van der Waals surface area contributed by atoms with Crippen LogP contribution in [0.1, 0.15) is 31.6 Å². The van der Waals surface area contributed by atoms with Crippen LogP contribution in [0.15, 0.2) is 41.3 Å². The van der Waals surface area contributed by atoms with Gasteiger partial charge in [-0.1, -0.05) is 31.0 Å². The number of pyridine rings is 1. The maximum Gasteiger partial charge on any atom is 0.267 e. The highest BCUT2D eigenvalue weighted by molar-refractivity contribution is 6.35. The maximum absolute atomic E-state index is 13.1. The fourth-order valence-electron chi connectivity index (χ4n) is 2.68. The Bertz CT molecular complexity index is 936. The smallest absolute Gasteiger partial charge is 0.267 e. The van der Waals surface area contributed by atoms with E-state index in [4.69, 9.17) is 23.1 Å². The van der Waals surface area contributed by atoms with Crippen LogP contribution in [0.2, 0.25) is 5.02 Å². The number of nitrogens with zero attached hydrogens (tertiary/aromatic N) is 3. The van der Waals surface area contributed by atoms with Crippen LogP contribution in [0, 0.1) is 0 Å². The Morgan fingerprint density at radius 3 is 2.75 bits per heavy atom. The molecule has 0 aliphatic carbocycles. The zero-order valence-corrected chi connectivity index (χ0v) is 14.0. The van der Waals surface area contributed by atoms with Crippen molar-refractivity contribution in [2.45, 2.75) is 25.8 Å². The third-order valence-corrected chi connectivity index (χ3v) is 4.15. The number of fused-ring (bicyclic) bond motifs is 1. The molecule has 4 N–H and O–H groups in total. The number of nitrogens with two attached hydrogens (primary N) is 2. The van der Waals surface area contributed by atoms with Crippen molar-refractivity contribution in [3.63, 3.8) is 0 Å². The first-order valence-electron chi connectivity index (χ1n) is 7.71. The lowest BCUT2D eigenvalue weighted by Gasteiger charge is -2.18. The summed E-state index contributed by atoms with van der Waals surface area (Å²) < 4.78 is 1.47. The lowest BCUT2D eigenvalue weighted by molar-refractivity contribution is 0.583. The number of hydrogen-bond donors (Lipinski definition) is 2. The summed E-state index contributed by atoms with van der Waals surface area (Å²) in [5.74, 6) is 0.862. The van der Waals surface area contributed by atoms with E-state index < -0.39 is 0 Å². The van der Waals surface area contributed by atoms with Gasteiger partial charge in [-0.15, -0.1) is 0 Å². The van der Waals surface area contributed by atoms with Gasteiger partial charge in [-0.2, -0.15) is 0 Å². The van der Waals surface area contributed by atoms with Gasteiger partial charge in [-0.05, 0) is 30.7 Å². The van der Waals surface area contributed by atoms with Crippen molar-refractivity contribution in [1.29, 1.82) is 0 Å². The second kappa shape index (κ2) is 6.59. The second-order valence-electron chi connectivity index (χ2n) is 5.58. The zero-order chi connectivity index (χ0) is 17.3. The van der Waals surface area contributed by atoms with Gasteiger partial charge in [0.05, 0.1) is 33.9 Å². The Hall–Kier alpha value is -2.44. The van der Waals surface area contributed by atoms with E-state index in [0.717, 1.165) is 6.42 Å². The van der Waals surface area contributed by atoms with Gasteiger partial charge in [0.2, 0.25) is 0 Å². The largest absolute Gasteiger partial charge is 0.384 e. The first-order valence-corrected chi connectivity index (χ1v) is 8.09. The van der Waals surface area contributed by atoms with Crippen LogP contribution in [0.4, 0.5) is 5.82 Å². The van der Waals surface area contributed by atoms with Gasteiger partial charge < -0.3 is 11.5 Å². The predicted molar refractivity (Wildman–Crippen MR) is 96.4 cm³/mol. The molecule has 0 saturated carbocycles. The molecule has 1 atom stereocenters. The molecular weight excluding hydrogens is 326 g/mol. The molecule has 0 spiro atoms. The van der Waals surface area contributed by atoms with Crippen LogP contribution >= 0.6 is 11.6 Å².